The molecule has 1 aromatic carbocycles. The maximum Gasteiger partial charge on any atom is 0.190 e. The van der Waals surface area contributed by atoms with Crippen LogP contribution < -0.4 is 15.4 Å². The first kappa shape index (κ1) is 16.0. The first-order valence-corrected chi connectivity index (χ1v) is 5.31. The molecule has 1 rings (SSSR count). The number of hydrogen-bond acceptors (Lipinski definition) is 2. The van der Waals surface area contributed by atoms with Gasteiger partial charge in [-0.15, -0.1) is 24.0 Å². The summed E-state index contributed by atoms with van der Waals surface area (Å²) < 4.78 is 5.10. The topological polar surface area (TPSA) is 45.7 Å². The van der Waals surface area contributed by atoms with Crippen LogP contribution in [-0.4, -0.2) is 33.7 Å². The summed E-state index contributed by atoms with van der Waals surface area (Å²) in [5, 5.41) is 6.18. The molecule has 0 saturated carbocycles. The highest BCUT2D eigenvalue weighted by atomic mass is 127. The standard InChI is InChI=1S/C12H19N3O.HI/c1-13-12(14-2)15-9-8-10-4-6-11(16-3)7-5-10;/h4-7H,8-9H2,1-3H3,(H2,13,14,15);1H. The van der Waals surface area contributed by atoms with Crippen LogP contribution in [0.1, 0.15) is 5.56 Å². The van der Waals surface area contributed by atoms with Gasteiger partial charge in [-0.1, -0.05) is 12.1 Å². The van der Waals surface area contributed by atoms with Crippen molar-refractivity contribution < 1.29 is 4.74 Å². The molecular weight excluding hydrogens is 329 g/mol. The van der Waals surface area contributed by atoms with Crippen molar-refractivity contribution in [3.8, 4) is 5.75 Å². The Morgan fingerprint density at radius 3 is 2.41 bits per heavy atom. The van der Waals surface area contributed by atoms with Crippen LogP contribution in [0.3, 0.4) is 0 Å². The third-order valence-corrected chi connectivity index (χ3v) is 2.33. The van der Waals surface area contributed by atoms with Gasteiger partial charge in [-0.3, -0.25) is 4.99 Å². The Morgan fingerprint density at radius 1 is 1.29 bits per heavy atom. The maximum atomic E-state index is 5.10. The van der Waals surface area contributed by atoms with Gasteiger partial charge in [-0.25, -0.2) is 0 Å². The van der Waals surface area contributed by atoms with Crippen molar-refractivity contribution in [3.63, 3.8) is 0 Å². The zero-order valence-electron chi connectivity index (χ0n) is 10.5. The van der Waals surface area contributed by atoms with E-state index >= 15 is 0 Å². The molecule has 0 spiro atoms. The number of hydrogen-bond donors (Lipinski definition) is 2. The number of rotatable bonds is 4. The molecule has 0 bridgehead atoms. The van der Waals surface area contributed by atoms with Gasteiger partial charge in [0.25, 0.3) is 0 Å². The molecule has 0 atom stereocenters. The number of ether oxygens (including phenoxy) is 1. The van der Waals surface area contributed by atoms with E-state index in [4.69, 9.17) is 4.74 Å². The van der Waals surface area contributed by atoms with Gasteiger partial charge in [0.2, 0.25) is 0 Å². The lowest BCUT2D eigenvalue weighted by atomic mass is 10.1. The third kappa shape index (κ3) is 5.76. The normalized spacial score (nSPS) is 10.4. The van der Waals surface area contributed by atoms with Crippen LogP contribution in [0.5, 0.6) is 5.75 Å². The van der Waals surface area contributed by atoms with Gasteiger partial charge in [-0.2, -0.15) is 0 Å². The molecule has 0 amide bonds. The highest BCUT2D eigenvalue weighted by molar-refractivity contribution is 14.0. The highest BCUT2D eigenvalue weighted by Crippen LogP contribution is 2.11. The number of aliphatic imine (C=N–C) groups is 1. The Hall–Kier alpha value is -0.980. The molecule has 0 saturated heterocycles. The second-order valence-electron chi connectivity index (χ2n) is 3.35. The van der Waals surface area contributed by atoms with E-state index in [-0.39, 0.29) is 24.0 Å². The van der Waals surface area contributed by atoms with E-state index in [2.05, 4.69) is 27.8 Å². The number of nitrogens with zero attached hydrogens (tertiary/aromatic N) is 1. The quantitative estimate of drug-likeness (QED) is 0.494. The summed E-state index contributed by atoms with van der Waals surface area (Å²) in [4.78, 5) is 4.04. The lowest BCUT2D eigenvalue weighted by Crippen LogP contribution is -2.35. The molecule has 0 heterocycles. The SMILES string of the molecule is CN=C(NC)NCCc1ccc(OC)cc1.I. The summed E-state index contributed by atoms with van der Waals surface area (Å²) in [7, 11) is 5.28. The predicted molar refractivity (Wildman–Crippen MR) is 82.5 cm³/mol. The zero-order chi connectivity index (χ0) is 11.8. The van der Waals surface area contributed by atoms with E-state index in [1.54, 1.807) is 14.2 Å². The number of guanidine groups is 1. The molecule has 0 unspecified atom stereocenters. The third-order valence-electron chi connectivity index (χ3n) is 2.33. The Bertz CT molecular complexity index is 338. The molecule has 0 radical (unpaired) electrons. The van der Waals surface area contributed by atoms with Crippen LogP contribution in [0, 0.1) is 0 Å². The van der Waals surface area contributed by atoms with E-state index in [0.717, 1.165) is 24.7 Å². The van der Waals surface area contributed by atoms with Crippen LogP contribution >= 0.6 is 24.0 Å². The minimum Gasteiger partial charge on any atom is -0.497 e. The fourth-order valence-corrected chi connectivity index (χ4v) is 1.40. The second-order valence-corrected chi connectivity index (χ2v) is 3.35. The van der Waals surface area contributed by atoms with Crippen LogP contribution in [0.25, 0.3) is 0 Å². The van der Waals surface area contributed by atoms with Gasteiger partial charge >= 0.3 is 0 Å². The average molecular weight is 349 g/mol. The van der Waals surface area contributed by atoms with Crippen molar-refractivity contribution in [1.82, 2.24) is 10.6 Å². The first-order chi connectivity index (χ1) is 7.80. The van der Waals surface area contributed by atoms with Crippen LogP contribution in [0.4, 0.5) is 0 Å². The smallest absolute Gasteiger partial charge is 0.190 e. The molecule has 0 aliphatic carbocycles. The van der Waals surface area contributed by atoms with Crippen molar-refractivity contribution >= 4 is 29.9 Å². The fraction of sp³-hybridized carbons (Fsp3) is 0.417. The molecule has 0 aliphatic heterocycles. The van der Waals surface area contributed by atoms with E-state index in [1.165, 1.54) is 5.56 Å². The Balaban J connectivity index is 0.00000256. The van der Waals surface area contributed by atoms with Gasteiger partial charge in [0.15, 0.2) is 5.96 Å². The summed E-state index contributed by atoms with van der Waals surface area (Å²) in [5.74, 6) is 1.70. The molecule has 0 aromatic heterocycles. The molecule has 0 aliphatic rings. The lowest BCUT2D eigenvalue weighted by Gasteiger charge is -2.08. The van der Waals surface area contributed by atoms with E-state index in [0.29, 0.717) is 0 Å². The number of benzene rings is 1. The van der Waals surface area contributed by atoms with Crippen LogP contribution in [0.15, 0.2) is 29.3 Å². The second kappa shape index (κ2) is 9.09. The molecule has 5 heteroatoms. The largest absolute Gasteiger partial charge is 0.497 e. The van der Waals surface area contributed by atoms with Gasteiger partial charge in [-0.05, 0) is 24.1 Å². The minimum absolute atomic E-state index is 0. The number of halogens is 1. The summed E-state index contributed by atoms with van der Waals surface area (Å²) in [5.41, 5.74) is 1.28. The zero-order valence-corrected chi connectivity index (χ0v) is 12.8. The molecule has 2 N–H and O–H groups in total. The summed E-state index contributed by atoms with van der Waals surface area (Å²) in [6.07, 6.45) is 0.963. The van der Waals surface area contributed by atoms with E-state index < -0.39 is 0 Å². The molecule has 1 aromatic rings. The monoisotopic (exact) mass is 349 g/mol. The first-order valence-electron chi connectivity index (χ1n) is 5.31. The Kier molecular flexibility index (Phi) is 8.57. The number of methoxy groups -OCH3 is 1. The average Bonchev–Trinajstić information content (AvgIpc) is 2.35. The van der Waals surface area contributed by atoms with E-state index in [9.17, 15) is 0 Å². The van der Waals surface area contributed by atoms with Crippen molar-refractivity contribution in [2.45, 2.75) is 6.42 Å². The summed E-state index contributed by atoms with van der Waals surface area (Å²) >= 11 is 0. The Labute approximate surface area is 120 Å². The van der Waals surface area contributed by atoms with Crippen molar-refractivity contribution in [2.75, 3.05) is 27.7 Å². The summed E-state index contributed by atoms with van der Waals surface area (Å²) in [6, 6.07) is 8.09. The van der Waals surface area contributed by atoms with Gasteiger partial charge in [0, 0.05) is 20.6 Å². The highest BCUT2D eigenvalue weighted by Gasteiger charge is 1.96. The van der Waals surface area contributed by atoms with E-state index in [1.807, 2.05) is 19.2 Å². The lowest BCUT2D eigenvalue weighted by molar-refractivity contribution is 0.414. The summed E-state index contributed by atoms with van der Waals surface area (Å²) in [6.45, 7) is 0.861. The fourth-order valence-electron chi connectivity index (χ4n) is 1.40. The minimum atomic E-state index is 0. The van der Waals surface area contributed by atoms with Crippen LogP contribution in [0.2, 0.25) is 0 Å². The molecule has 0 fully saturated rings. The molecule has 96 valence electrons. The van der Waals surface area contributed by atoms with Gasteiger partial charge in [0.1, 0.15) is 5.75 Å². The Morgan fingerprint density at radius 2 is 1.94 bits per heavy atom. The van der Waals surface area contributed by atoms with Crippen molar-refractivity contribution in [1.29, 1.82) is 0 Å². The van der Waals surface area contributed by atoms with Crippen molar-refractivity contribution in [3.05, 3.63) is 29.8 Å². The van der Waals surface area contributed by atoms with Gasteiger partial charge < -0.3 is 15.4 Å². The molecular formula is C12H20IN3O. The van der Waals surface area contributed by atoms with Gasteiger partial charge in [0.05, 0.1) is 7.11 Å². The van der Waals surface area contributed by atoms with Crippen molar-refractivity contribution in [2.24, 2.45) is 4.99 Å². The molecule has 4 nitrogen and oxygen atoms in total. The predicted octanol–water partition coefficient (Wildman–Crippen LogP) is 1.65. The van der Waals surface area contributed by atoms with Crippen LogP contribution in [-0.2, 0) is 6.42 Å². The maximum absolute atomic E-state index is 5.10. The molecule has 17 heavy (non-hydrogen) atoms. The number of nitrogens with one attached hydrogen (secondary N) is 2.